The molecule has 1 atom stereocenters. The fraction of sp³-hybridized carbons (Fsp3) is 0.179. The van der Waals surface area contributed by atoms with Crippen molar-refractivity contribution < 1.29 is 14.3 Å². The number of para-hydroxylation sites is 1. The van der Waals surface area contributed by atoms with Gasteiger partial charge in [-0.1, -0.05) is 78.9 Å². The van der Waals surface area contributed by atoms with Crippen LogP contribution in [-0.2, 0) is 24.4 Å². The number of ether oxygens (including phenoxy) is 2. The molecule has 0 radical (unpaired) electrons. The van der Waals surface area contributed by atoms with Gasteiger partial charge in [-0.05, 0) is 64.7 Å². The summed E-state index contributed by atoms with van der Waals surface area (Å²) < 4.78 is 13.8. The van der Waals surface area contributed by atoms with Crippen molar-refractivity contribution in [2.45, 2.75) is 31.9 Å². The van der Waals surface area contributed by atoms with E-state index in [-0.39, 0.29) is 11.8 Å². The number of hydrogen-bond acceptors (Lipinski definition) is 4. The maximum absolute atomic E-state index is 13.5. The van der Waals surface area contributed by atoms with Crippen LogP contribution < -0.4 is 14.8 Å². The van der Waals surface area contributed by atoms with Gasteiger partial charge in [-0.3, -0.25) is 9.78 Å². The smallest absolute Gasteiger partial charge is 0.220 e. The van der Waals surface area contributed by atoms with Gasteiger partial charge in [0.1, 0.15) is 18.1 Å². The zero-order chi connectivity index (χ0) is 30.8. The van der Waals surface area contributed by atoms with Gasteiger partial charge in [0, 0.05) is 60.8 Å². The third kappa shape index (κ3) is 7.60. The average Bonchev–Trinajstić information content (AvgIpc) is 3.45. The van der Waals surface area contributed by atoms with E-state index in [1.165, 1.54) is 5.56 Å². The van der Waals surface area contributed by atoms with Crippen LogP contribution in [0.4, 0.5) is 0 Å². The Bertz CT molecular complexity index is 1830. The van der Waals surface area contributed by atoms with Gasteiger partial charge in [0.15, 0.2) is 0 Å². The molecule has 0 aliphatic rings. The Kier molecular flexibility index (Phi) is 9.51. The minimum absolute atomic E-state index is 0.00137. The summed E-state index contributed by atoms with van der Waals surface area (Å²) in [6.07, 6.45) is 4.97. The largest absolute Gasteiger partial charge is 0.497 e. The van der Waals surface area contributed by atoms with Crippen LogP contribution in [0.1, 0.15) is 40.3 Å². The summed E-state index contributed by atoms with van der Waals surface area (Å²) in [5, 5.41) is 4.27. The molecule has 0 bridgehead atoms. The fourth-order valence-corrected chi connectivity index (χ4v) is 5.71. The van der Waals surface area contributed by atoms with E-state index in [9.17, 15) is 4.79 Å². The maximum atomic E-state index is 13.5. The van der Waals surface area contributed by atoms with Crippen LogP contribution in [0.2, 0.25) is 0 Å². The van der Waals surface area contributed by atoms with Gasteiger partial charge in [-0.15, -0.1) is 0 Å². The van der Waals surface area contributed by atoms with Gasteiger partial charge < -0.3 is 19.4 Å². The lowest BCUT2D eigenvalue weighted by Crippen LogP contribution is -2.27. The molecule has 226 valence electrons. The molecule has 1 amide bonds. The van der Waals surface area contributed by atoms with Crippen molar-refractivity contribution in [1.29, 1.82) is 0 Å². The highest BCUT2D eigenvalue weighted by atomic mass is 16.5. The normalized spacial score (nSPS) is 11.7. The number of methoxy groups -OCH3 is 1. The molecule has 0 fully saturated rings. The van der Waals surface area contributed by atoms with Crippen LogP contribution >= 0.6 is 0 Å². The van der Waals surface area contributed by atoms with Gasteiger partial charge in [0.25, 0.3) is 0 Å². The molecular formula is C39H37N3O3. The number of hydrogen-bond donors (Lipinski definition) is 1. The molecule has 6 heteroatoms. The first kappa shape index (κ1) is 29.7. The minimum Gasteiger partial charge on any atom is -0.497 e. The van der Waals surface area contributed by atoms with E-state index in [2.05, 4.69) is 81.7 Å². The average molecular weight is 596 g/mol. The first-order valence-electron chi connectivity index (χ1n) is 15.3. The van der Waals surface area contributed by atoms with Crippen LogP contribution in [0, 0.1) is 0 Å². The summed E-state index contributed by atoms with van der Waals surface area (Å²) in [7, 11) is 1.68. The van der Waals surface area contributed by atoms with E-state index in [4.69, 9.17) is 9.47 Å². The number of amides is 1. The van der Waals surface area contributed by atoms with Gasteiger partial charge in [-0.2, -0.15) is 0 Å². The first-order chi connectivity index (χ1) is 22.2. The second kappa shape index (κ2) is 14.4. The molecule has 0 unspecified atom stereocenters. The van der Waals surface area contributed by atoms with Gasteiger partial charge in [-0.25, -0.2) is 0 Å². The molecule has 0 saturated carbocycles. The van der Waals surface area contributed by atoms with Crippen molar-refractivity contribution in [2.24, 2.45) is 0 Å². The van der Waals surface area contributed by atoms with Crippen LogP contribution in [-0.4, -0.2) is 29.1 Å². The van der Waals surface area contributed by atoms with Crippen molar-refractivity contribution >= 4 is 16.8 Å². The first-order valence-corrected chi connectivity index (χ1v) is 15.3. The molecule has 0 aliphatic carbocycles. The molecule has 6 nitrogen and oxygen atoms in total. The number of nitrogens with zero attached hydrogens (tertiary/aromatic N) is 2. The number of fused-ring (bicyclic) bond motifs is 1. The Balaban J connectivity index is 1.30. The second-order valence-corrected chi connectivity index (χ2v) is 11.1. The Morgan fingerprint density at radius 3 is 2.42 bits per heavy atom. The number of nitrogens with one attached hydrogen (secondary N) is 1. The molecule has 1 N–H and O–H groups in total. The van der Waals surface area contributed by atoms with Crippen LogP contribution in [0.25, 0.3) is 10.9 Å². The molecule has 45 heavy (non-hydrogen) atoms. The van der Waals surface area contributed by atoms with E-state index in [0.717, 1.165) is 44.8 Å². The highest BCUT2D eigenvalue weighted by molar-refractivity contribution is 5.87. The SMILES string of the molecule is COc1ccc(Cn2cc([C@H](CC(=O)NCCc3ccccn3)c3cccc(OCc4ccccc4)c3)c3ccccc32)cc1. The summed E-state index contributed by atoms with van der Waals surface area (Å²) in [4.78, 5) is 17.9. The van der Waals surface area contributed by atoms with Crippen molar-refractivity contribution in [1.82, 2.24) is 14.9 Å². The number of benzene rings is 4. The highest BCUT2D eigenvalue weighted by Gasteiger charge is 2.23. The van der Waals surface area contributed by atoms with Gasteiger partial charge in [0.05, 0.1) is 7.11 Å². The fourth-order valence-electron chi connectivity index (χ4n) is 5.71. The molecule has 4 aromatic carbocycles. The van der Waals surface area contributed by atoms with E-state index in [1.54, 1.807) is 13.3 Å². The third-order valence-electron chi connectivity index (χ3n) is 8.03. The molecule has 2 heterocycles. The van der Waals surface area contributed by atoms with Crippen molar-refractivity contribution in [3.63, 3.8) is 0 Å². The lowest BCUT2D eigenvalue weighted by molar-refractivity contribution is -0.121. The molecule has 0 spiro atoms. The Morgan fingerprint density at radius 2 is 1.62 bits per heavy atom. The Labute approximate surface area is 264 Å². The lowest BCUT2D eigenvalue weighted by Gasteiger charge is -2.18. The van der Waals surface area contributed by atoms with Gasteiger partial charge in [0.2, 0.25) is 5.91 Å². The summed E-state index contributed by atoms with van der Waals surface area (Å²) >= 11 is 0. The zero-order valence-corrected chi connectivity index (χ0v) is 25.4. The van der Waals surface area contributed by atoms with E-state index >= 15 is 0 Å². The van der Waals surface area contributed by atoms with E-state index in [1.807, 2.05) is 60.7 Å². The Hall–Kier alpha value is -5.36. The topological polar surface area (TPSA) is 65.4 Å². The number of aromatic nitrogens is 2. The van der Waals surface area contributed by atoms with Crippen molar-refractivity contribution in [2.75, 3.05) is 13.7 Å². The van der Waals surface area contributed by atoms with E-state index in [0.29, 0.717) is 32.5 Å². The summed E-state index contributed by atoms with van der Waals surface area (Å²) in [5.74, 6) is 1.43. The van der Waals surface area contributed by atoms with Crippen LogP contribution in [0.5, 0.6) is 11.5 Å². The van der Waals surface area contributed by atoms with Crippen LogP contribution in [0.3, 0.4) is 0 Å². The summed E-state index contributed by atoms with van der Waals surface area (Å²) in [6.45, 7) is 1.71. The predicted molar refractivity (Wildman–Crippen MR) is 179 cm³/mol. The quantitative estimate of drug-likeness (QED) is 0.150. The highest BCUT2D eigenvalue weighted by Crippen LogP contribution is 2.36. The molecular weight excluding hydrogens is 558 g/mol. The summed E-state index contributed by atoms with van der Waals surface area (Å²) in [5.41, 5.74) is 6.50. The number of rotatable bonds is 13. The number of carbonyl (C=O) groups is 1. The van der Waals surface area contributed by atoms with Crippen molar-refractivity contribution in [3.05, 3.63) is 162 Å². The van der Waals surface area contributed by atoms with Crippen LogP contribution in [0.15, 0.2) is 134 Å². The van der Waals surface area contributed by atoms with Gasteiger partial charge >= 0.3 is 0 Å². The molecule has 6 aromatic rings. The lowest BCUT2D eigenvalue weighted by atomic mass is 9.88. The molecule has 0 saturated heterocycles. The van der Waals surface area contributed by atoms with Crippen molar-refractivity contribution in [3.8, 4) is 11.5 Å². The minimum atomic E-state index is -0.179. The zero-order valence-electron chi connectivity index (χ0n) is 25.4. The summed E-state index contributed by atoms with van der Waals surface area (Å²) in [6, 6.07) is 40.7. The predicted octanol–water partition coefficient (Wildman–Crippen LogP) is 7.55. The standard InChI is InChI=1S/C39H37N3O3/c1-44-33-19-17-29(18-20-33)26-42-27-37(35-15-5-6-16-38(35)42)36(25-39(43)41-23-21-32-13-7-8-22-40-32)31-12-9-14-34(24-31)45-28-30-10-3-2-4-11-30/h2-20,22,24,27,36H,21,23,25-26,28H2,1H3,(H,41,43)/t36-/m1/s1. The molecule has 0 aliphatic heterocycles. The Morgan fingerprint density at radius 1 is 0.822 bits per heavy atom. The monoisotopic (exact) mass is 595 g/mol. The maximum Gasteiger partial charge on any atom is 0.220 e. The number of pyridine rings is 1. The molecule has 2 aromatic heterocycles. The van der Waals surface area contributed by atoms with E-state index < -0.39 is 0 Å². The molecule has 6 rings (SSSR count). The second-order valence-electron chi connectivity index (χ2n) is 11.1. The number of carbonyl (C=O) groups excluding carboxylic acids is 1. The third-order valence-corrected chi connectivity index (χ3v) is 8.03.